The fourth-order valence-electron chi connectivity index (χ4n) is 1.87. The number of nitrogens with one attached hydrogen (secondary N) is 2. The first-order valence-electron chi connectivity index (χ1n) is 6.41. The molecule has 0 bridgehead atoms. The van der Waals surface area contributed by atoms with Gasteiger partial charge in [-0.05, 0) is 31.2 Å². The first-order chi connectivity index (χ1) is 9.44. The highest BCUT2D eigenvalue weighted by atomic mass is 32.2. The monoisotopic (exact) mass is 318 g/mol. The van der Waals surface area contributed by atoms with Gasteiger partial charge in [-0.3, -0.25) is 5.84 Å². The van der Waals surface area contributed by atoms with E-state index < -0.39 is 10.0 Å². The molecule has 0 atom stereocenters. The number of nitrogen functional groups attached to an aromatic ring is 1. The maximum absolute atomic E-state index is 12.3. The zero-order chi connectivity index (χ0) is 15.2. The molecule has 0 spiro atoms. The van der Waals surface area contributed by atoms with Crippen LogP contribution in [0.5, 0.6) is 0 Å². The van der Waals surface area contributed by atoms with Crippen LogP contribution in [0.15, 0.2) is 23.4 Å². The van der Waals surface area contributed by atoms with Gasteiger partial charge in [-0.25, -0.2) is 18.1 Å². The number of anilines is 1. The second-order valence-electron chi connectivity index (χ2n) is 4.42. The Balaban J connectivity index is 2.96. The quantitative estimate of drug-likeness (QED) is 0.497. The van der Waals surface area contributed by atoms with Gasteiger partial charge in [0.2, 0.25) is 0 Å². The molecule has 8 heteroatoms. The van der Waals surface area contributed by atoms with E-state index in [0.717, 1.165) is 12.8 Å². The average molecular weight is 318 g/mol. The number of thioether (sulfide) groups is 1. The Hall–Kier alpha value is -0.830. The minimum absolute atomic E-state index is 0.0790. The van der Waals surface area contributed by atoms with E-state index in [0.29, 0.717) is 6.54 Å². The molecule has 0 aliphatic rings. The van der Waals surface area contributed by atoms with Crippen molar-refractivity contribution in [3.8, 4) is 0 Å². The lowest BCUT2D eigenvalue weighted by atomic mass is 10.0. The summed E-state index contributed by atoms with van der Waals surface area (Å²) < 4.78 is 27.2. The normalized spacial score (nSPS) is 12.4. The largest absolute Gasteiger partial charge is 0.321 e. The van der Waals surface area contributed by atoms with E-state index in [2.05, 4.69) is 29.0 Å². The Morgan fingerprint density at radius 1 is 1.40 bits per heavy atom. The van der Waals surface area contributed by atoms with Gasteiger partial charge in [0.25, 0.3) is 10.0 Å². The summed E-state index contributed by atoms with van der Waals surface area (Å²) in [6, 6.07) is 3.20. The van der Waals surface area contributed by atoms with Crippen molar-refractivity contribution in [3.63, 3.8) is 0 Å². The van der Waals surface area contributed by atoms with Gasteiger partial charge < -0.3 is 5.43 Å². The molecule has 114 valence electrons. The van der Waals surface area contributed by atoms with E-state index in [-0.39, 0.29) is 15.5 Å². The van der Waals surface area contributed by atoms with Gasteiger partial charge in [-0.2, -0.15) is 11.8 Å². The van der Waals surface area contributed by atoms with Crippen molar-refractivity contribution < 1.29 is 8.42 Å². The molecule has 4 N–H and O–H groups in total. The van der Waals surface area contributed by atoms with Crippen LogP contribution in [-0.2, 0) is 10.0 Å². The standard InChI is InChI=1S/C12H22N4O2S2/c1-4-12(5-2,19-3)9-15-20(17,18)11-10(16-13)7-6-8-14-11/h6-8,15-16H,4-5,9,13H2,1-3H3. The molecule has 0 unspecified atom stereocenters. The zero-order valence-electron chi connectivity index (χ0n) is 12.0. The Morgan fingerprint density at radius 2 is 2.05 bits per heavy atom. The predicted molar refractivity (Wildman–Crippen MR) is 84.1 cm³/mol. The molecule has 6 nitrogen and oxygen atoms in total. The third kappa shape index (κ3) is 3.85. The molecule has 0 aliphatic heterocycles. The van der Waals surface area contributed by atoms with E-state index in [9.17, 15) is 8.42 Å². The summed E-state index contributed by atoms with van der Waals surface area (Å²) in [5.74, 6) is 5.32. The molecule has 0 aromatic carbocycles. The van der Waals surface area contributed by atoms with Crippen LogP contribution in [0, 0.1) is 0 Å². The number of nitrogens with zero attached hydrogens (tertiary/aromatic N) is 1. The third-order valence-electron chi connectivity index (χ3n) is 3.49. The second-order valence-corrected chi connectivity index (χ2v) is 7.38. The number of hydrogen-bond acceptors (Lipinski definition) is 6. The van der Waals surface area contributed by atoms with Crippen molar-refractivity contribution in [1.29, 1.82) is 0 Å². The molecule has 20 heavy (non-hydrogen) atoms. The topological polar surface area (TPSA) is 97.1 Å². The Bertz CT molecular complexity index is 522. The molecule has 1 aromatic heterocycles. The maximum atomic E-state index is 12.3. The summed E-state index contributed by atoms with van der Waals surface area (Å²) in [6.45, 7) is 4.48. The summed E-state index contributed by atoms with van der Waals surface area (Å²) >= 11 is 1.68. The highest BCUT2D eigenvalue weighted by Gasteiger charge is 2.28. The predicted octanol–water partition coefficient (Wildman–Crippen LogP) is 1.57. The van der Waals surface area contributed by atoms with Crippen molar-refractivity contribution in [2.45, 2.75) is 36.5 Å². The lowest BCUT2D eigenvalue weighted by Crippen LogP contribution is -2.40. The summed E-state index contributed by atoms with van der Waals surface area (Å²) in [5, 5.41) is -0.0790. The number of hydrazine groups is 1. The van der Waals surface area contributed by atoms with Crippen LogP contribution in [-0.4, -0.2) is 30.9 Å². The van der Waals surface area contributed by atoms with E-state index in [4.69, 9.17) is 5.84 Å². The van der Waals surface area contributed by atoms with E-state index in [1.807, 2.05) is 6.26 Å². The highest BCUT2D eigenvalue weighted by molar-refractivity contribution is 8.00. The van der Waals surface area contributed by atoms with Crippen molar-refractivity contribution in [3.05, 3.63) is 18.3 Å². The third-order valence-corrected chi connectivity index (χ3v) is 6.43. The molecule has 0 radical (unpaired) electrons. The number of hydrogen-bond donors (Lipinski definition) is 3. The summed E-state index contributed by atoms with van der Waals surface area (Å²) in [6.07, 6.45) is 5.20. The van der Waals surface area contributed by atoms with Crippen LogP contribution >= 0.6 is 11.8 Å². The van der Waals surface area contributed by atoms with Crippen molar-refractivity contribution in [2.75, 3.05) is 18.2 Å². The average Bonchev–Trinajstić information content (AvgIpc) is 2.49. The van der Waals surface area contributed by atoms with Gasteiger partial charge in [0.15, 0.2) is 5.03 Å². The Morgan fingerprint density at radius 3 is 2.55 bits per heavy atom. The zero-order valence-corrected chi connectivity index (χ0v) is 13.6. The molecule has 1 heterocycles. The van der Waals surface area contributed by atoms with Crippen molar-refractivity contribution >= 4 is 27.5 Å². The van der Waals surface area contributed by atoms with Gasteiger partial charge in [0.1, 0.15) is 0 Å². The number of nitrogens with two attached hydrogens (primary N) is 1. The fourth-order valence-corrected chi connectivity index (χ4v) is 3.97. The van der Waals surface area contributed by atoms with Crippen molar-refractivity contribution in [2.24, 2.45) is 5.84 Å². The van der Waals surface area contributed by atoms with E-state index >= 15 is 0 Å². The van der Waals surface area contributed by atoms with Gasteiger partial charge in [-0.15, -0.1) is 0 Å². The van der Waals surface area contributed by atoms with Crippen LogP contribution in [0.3, 0.4) is 0 Å². The molecule has 0 aliphatic carbocycles. The van der Waals surface area contributed by atoms with E-state index in [1.54, 1.807) is 23.9 Å². The summed E-state index contributed by atoms with van der Waals surface area (Å²) in [7, 11) is -3.68. The number of aromatic nitrogens is 1. The maximum Gasteiger partial charge on any atom is 0.260 e. The van der Waals surface area contributed by atoms with Gasteiger partial charge in [-0.1, -0.05) is 13.8 Å². The van der Waals surface area contributed by atoms with Gasteiger partial charge in [0.05, 0.1) is 5.69 Å². The summed E-state index contributed by atoms with van der Waals surface area (Å²) in [4.78, 5) is 3.90. The molecule has 1 rings (SSSR count). The molecular formula is C12H22N4O2S2. The summed E-state index contributed by atoms with van der Waals surface area (Å²) in [5.41, 5.74) is 2.63. The first-order valence-corrected chi connectivity index (χ1v) is 9.12. The van der Waals surface area contributed by atoms with Gasteiger partial charge >= 0.3 is 0 Å². The van der Waals surface area contributed by atoms with E-state index in [1.165, 1.54) is 6.20 Å². The molecule has 0 amide bonds. The molecule has 1 aromatic rings. The van der Waals surface area contributed by atoms with Crippen LogP contribution < -0.4 is 16.0 Å². The fraction of sp³-hybridized carbons (Fsp3) is 0.583. The van der Waals surface area contributed by atoms with Crippen LogP contribution in [0.25, 0.3) is 0 Å². The highest BCUT2D eigenvalue weighted by Crippen LogP contribution is 2.30. The Labute approximate surface area is 124 Å². The molecule has 0 saturated carbocycles. The van der Waals surface area contributed by atoms with Crippen LogP contribution in [0.4, 0.5) is 5.69 Å². The number of rotatable bonds is 8. The Kier molecular flexibility index (Phi) is 6.25. The minimum Gasteiger partial charge on any atom is -0.321 e. The lowest BCUT2D eigenvalue weighted by molar-refractivity contribution is 0.520. The molecular weight excluding hydrogens is 296 g/mol. The molecule has 0 saturated heterocycles. The van der Waals surface area contributed by atoms with Crippen molar-refractivity contribution in [1.82, 2.24) is 9.71 Å². The molecule has 0 fully saturated rings. The van der Waals surface area contributed by atoms with Gasteiger partial charge in [0, 0.05) is 17.5 Å². The first kappa shape index (κ1) is 17.2. The van der Waals surface area contributed by atoms with Crippen LogP contribution in [0.2, 0.25) is 0 Å². The minimum atomic E-state index is -3.68. The lowest BCUT2D eigenvalue weighted by Gasteiger charge is -2.29. The number of pyridine rings is 1. The SMILES string of the molecule is CCC(CC)(CNS(=O)(=O)c1ncccc1NN)SC. The van der Waals surface area contributed by atoms with Crippen LogP contribution in [0.1, 0.15) is 26.7 Å². The second kappa shape index (κ2) is 7.26. The number of sulfonamides is 1. The smallest absolute Gasteiger partial charge is 0.260 e.